The van der Waals surface area contributed by atoms with Gasteiger partial charge in [-0.05, 0) is 109 Å². The van der Waals surface area contributed by atoms with Crippen molar-refractivity contribution in [3.63, 3.8) is 0 Å². The van der Waals surface area contributed by atoms with E-state index in [1.807, 2.05) is 69.9 Å². The first-order valence-electron chi connectivity index (χ1n) is 28.0. The van der Waals surface area contributed by atoms with Crippen molar-refractivity contribution in [1.29, 1.82) is 0 Å². The molecular weight excluding hydrogens is 1120 g/mol. The van der Waals surface area contributed by atoms with Crippen LogP contribution < -0.4 is 9.30 Å². The van der Waals surface area contributed by atoms with Crippen LogP contribution in [0.5, 0.6) is 11.5 Å². The Bertz CT molecular complexity index is 4950. The fraction of sp³-hybridized carbons (Fsp3) is 0.0571. The summed E-state index contributed by atoms with van der Waals surface area (Å²) in [6.07, 6.45) is 5.68. The topological polar surface area (TPSA) is 40.8 Å². The largest absolute Gasteiger partial charge is 0.510 e. The van der Waals surface area contributed by atoms with Crippen molar-refractivity contribution < 1.29 is 37.2 Å². The Hall–Kier alpha value is -9.09. The number of nitrogens with zero attached hydrogens (tertiary/aromatic N) is 5. The maximum absolute atomic E-state index is 9.50. The number of aromatic nitrogens is 5. The SMILES string of the molecule is [2H]c1c([2H])c([2H])c(-c2cccc3c2-[n+]2[c-]n(-c4[c-]c(Oc5[c-]c6c(cc5)c5ccccc5n6-c5cc(C(C)(C)C)ccn5)ccc4)c4cccc(c42)-c2ccccc2-c2ccc4c(c2-3)c2ccccc2n4-c2ccccc2)c([2H])c1[2H].[Pt]. The Morgan fingerprint density at radius 1 is 0.532 bits per heavy atom. The normalized spacial score (nSPS) is 12.9. The molecule has 0 fully saturated rings. The predicted molar refractivity (Wildman–Crippen MR) is 308 cm³/mol. The molecule has 0 saturated heterocycles. The zero-order valence-corrected chi connectivity index (χ0v) is 44.3. The van der Waals surface area contributed by atoms with Gasteiger partial charge >= 0.3 is 0 Å². The molecule has 77 heavy (non-hydrogen) atoms. The van der Waals surface area contributed by atoms with Gasteiger partial charge in [0.15, 0.2) is 0 Å². The third-order valence-electron chi connectivity index (χ3n) is 14.9. The molecule has 0 atom stereocenters. The summed E-state index contributed by atoms with van der Waals surface area (Å²) in [6.45, 7) is 6.61. The minimum Gasteiger partial charge on any atom is -0.510 e. The summed E-state index contributed by atoms with van der Waals surface area (Å²) in [4.78, 5) is 4.88. The van der Waals surface area contributed by atoms with E-state index in [-0.39, 0.29) is 44.1 Å². The number of hydrogen-bond donors (Lipinski definition) is 0. The van der Waals surface area contributed by atoms with Crippen LogP contribution in [0, 0.1) is 18.5 Å². The first-order chi connectivity index (χ1) is 39.4. The maximum Gasteiger partial charge on any atom is 0.268 e. The smallest absolute Gasteiger partial charge is 0.268 e. The average Bonchev–Trinajstić information content (AvgIpc) is 3.41. The van der Waals surface area contributed by atoms with Crippen LogP contribution in [0.3, 0.4) is 0 Å². The van der Waals surface area contributed by atoms with E-state index in [1.165, 1.54) is 5.56 Å². The molecule has 7 heteroatoms. The second-order valence-corrected chi connectivity index (χ2v) is 20.4. The van der Waals surface area contributed by atoms with E-state index in [9.17, 15) is 2.74 Å². The van der Waals surface area contributed by atoms with Crippen molar-refractivity contribution in [1.82, 2.24) is 18.7 Å². The Labute approximate surface area is 467 Å². The first-order valence-corrected chi connectivity index (χ1v) is 25.5. The molecule has 0 radical (unpaired) electrons. The molecule has 10 aromatic carbocycles. The standard InChI is InChI=1S/C70H47N5O.Pt/c1-70(2,3)46-39-40-71-65(41-46)75-60-32-14-12-27-54(60)55-36-35-50(43-64(55)75)76-49-24-16-23-48(42-49)72-44-73-68-51(45-19-6-4-7-20-45)29-17-31-59(68)66-56(52-25-10-11-26-53(52)57-30-18-34-63(72)69(57)73)37-38-62-67(66)58-28-13-15-33-61(58)74(62)47-21-8-5-9-22-47;/h4-41H,1-3H3;/q-2;/i4D,6D,7D,19D,20D;. The average molecular weight is 1170 g/mol. The van der Waals surface area contributed by atoms with Gasteiger partial charge in [0.2, 0.25) is 0 Å². The summed E-state index contributed by atoms with van der Waals surface area (Å²) in [5.41, 5.74) is 14.9. The Morgan fingerprint density at radius 2 is 1.19 bits per heavy atom. The molecule has 0 N–H and O–H groups in total. The van der Waals surface area contributed by atoms with Crippen LogP contribution in [-0.4, -0.2) is 18.7 Å². The molecule has 1 aliphatic rings. The second kappa shape index (κ2) is 18.0. The zero-order valence-electron chi connectivity index (χ0n) is 47.0. The molecule has 0 unspecified atom stereocenters. The number of ether oxygens (including phenoxy) is 1. The van der Waals surface area contributed by atoms with Crippen LogP contribution in [0.2, 0.25) is 0 Å². The van der Waals surface area contributed by atoms with E-state index in [0.717, 1.165) is 99.5 Å². The van der Waals surface area contributed by atoms with E-state index < -0.39 is 18.1 Å². The summed E-state index contributed by atoms with van der Waals surface area (Å²) < 4.78 is 60.8. The third kappa shape index (κ3) is 7.34. The monoisotopic (exact) mass is 1170 g/mol. The number of benzene rings is 10. The molecule has 14 aromatic rings. The van der Waals surface area contributed by atoms with Crippen molar-refractivity contribution in [3.8, 4) is 78.9 Å². The molecule has 4 aromatic heterocycles. The summed E-state index contributed by atoms with van der Waals surface area (Å²) >= 11 is 0. The van der Waals surface area contributed by atoms with Crippen molar-refractivity contribution in [2.24, 2.45) is 0 Å². The number of para-hydroxylation sites is 5. The van der Waals surface area contributed by atoms with Crippen LogP contribution in [0.4, 0.5) is 0 Å². The van der Waals surface area contributed by atoms with E-state index in [1.54, 1.807) is 0 Å². The minimum absolute atomic E-state index is 0. The molecule has 5 heterocycles. The van der Waals surface area contributed by atoms with Gasteiger partial charge in [-0.1, -0.05) is 178 Å². The number of hydrogen-bond acceptors (Lipinski definition) is 2. The van der Waals surface area contributed by atoms with E-state index in [0.29, 0.717) is 28.4 Å². The Kier molecular flexibility index (Phi) is 9.65. The molecule has 0 aliphatic carbocycles. The quantitative estimate of drug-likeness (QED) is 0.123. The van der Waals surface area contributed by atoms with Crippen LogP contribution >= 0.6 is 0 Å². The van der Waals surface area contributed by atoms with Gasteiger partial charge in [-0.25, -0.2) is 4.98 Å². The van der Waals surface area contributed by atoms with Gasteiger partial charge in [0, 0.05) is 60.7 Å². The van der Waals surface area contributed by atoms with Crippen LogP contribution in [-0.2, 0) is 26.5 Å². The number of pyridine rings is 1. The van der Waals surface area contributed by atoms with Gasteiger partial charge in [-0.15, -0.1) is 29.7 Å². The van der Waals surface area contributed by atoms with Gasteiger partial charge in [0.25, 0.3) is 6.33 Å². The van der Waals surface area contributed by atoms with Crippen molar-refractivity contribution >= 4 is 54.6 Å². The zero-order chi connectivity index (χ0) is 55.0. The fourth-order valence-corrected chi connectivity index (χ4v) is 11.6. The minimum atomic E-state index is -0.459. The Balaban J connectivity index is 0.00000602. The molecule has 0 saturated carbocycles. The third-order valence-corrected chi connectivity index (χ3v) is 14.9. The van der Waals surface area contributed by atoms with Gasteiger partial charge in [-0.2, -0.15) is 18.2 Å². The molecule has 1 aliphatic heterocycles. The van der Waals surface area contributed by atoms with Gasteiger partial charge in [0.1, 0.15) is 5.82 Å². The number of imidazole rings is 1. The number of rotatable bonds is 6. The predicted octanol–water partition coefficient (Wildman–Crippen LogP) is 17.0. The van der Waals surface area contributed by atoms with Gasteiger partial charge < -0.3 is 18.4 Å². The van der Waals surface area contributed by atoms with Crippen molar-refractivity contribution in [3.05, 3.63) is 255 Å². The molecule has 0 spiro atoms. The molecule has 0 bridgehead atoms. The van der Waals surface area contributed by atoms with Crippen LogP contribution in [0.25, 0.3) is 122 Å². The molecule has 15 rings (SSSR count). The van der Waals surface area contributed by atoms with Crippen LogP contribution in [0.15, 0.2) is 231 Å². The second-order valence-electron chi connectivity index (χ2n) is 20.4. The van der Waals surface area contributed by atoms with Gasteiger partial charge in [-0.3, -0.25) is 4.57 Å². The molecule has 6 nitrogen and oxygen atoms in total. The molecule has 370 valence electrons. The fourth-order valence-electron chi connectivity index (χ4n) is 11.6. The molecule has 0 amide bonds. The summed E-state index contributed by atoms with van der Waals surface area (Å²) in [6, 6.07) is 71.5. The summed E-state index contributed by atoms with van der Waals surface area (Å²) in [5, 5.41) is 4.15. The summed E-state index contributed by atoms with van der Waals surface area (Å²) in [5.74, 6) is 1.75. The molecular formula is C70H47N5OPt-2. The van der Waals surface area contributed by atoms with Crippen molar-refractivity contribution in [2.75, 3.05) is 0 Å². The first kappa shape index (κ1) is 41.2. The van der Waals surface area contributed by atoms with Crippen molar-refractivity contribution in [2.45, 2.75) is 26.2 Å². The summed E-state index contributed by atoms with van der Waals surface area (Å²) in [7, 11) is 0. The maximum atomic E-state index is 9.50. The van der Waals surface area contributed by atoms with E-state index >= 15 is 0 Å². The number of fused-ring (bicyclic) bond motifs is 14. The van der Waals surface area contributed by atoms with E-state index in [2.05, 4.69) is 188 Å². The Morgan fingerprint density at radius 3 is 2.01 bits per heavy atom. The van der Waals surface area contributed by atoms with Gasteiger partial charge in [0.05, 0.1) is 34.6 Å². The van der Waals surface area contributed by atoms with Crippen LogP contribution in [0.1, 0.15) is 33.2 Å². The van der Waals surface area contributed by atoms with E-state index in [4.69, 9.17) is 13.8 Å².